The molecule has 0 bridgehead atoms. The van der Waals surface area contributed by atoms with Crippen molar-refractivity contribution in [3.8, 4) is 11.5 Å². The number of hydrogen-bond acceptors (Lipinski definition) is 6. The molecular weight excluding hydrogens is 432 g/mol. The Bertz CT molecular complexity index is 1040. The lowest BCUT2D eigenvalue weighted by atomic mass is 9.95. The molecule has 1 saturated heterocycles. The second-order valence-electron chi connectivity index (χ2n) is 9.16. The Hall–Kier alpha value is -3.32. The second-order valence-corrected chi connectivity index (χ2v) is 9.16. The zero-order valence-electron chi connectivity index (χ0n) is 20.6. The smallest absolute Gasteiger partial charge is 0.295 e. The van der Waals surface area contributed by atoms with Crippen LogP contribution in [0.15, 0.2) is 54.1 Å². The normalized spacial score (nSPS) is 17.6. The number of carbonyl (C=O) groups is 2. The molecular formula is C27H34N2O5. The van der Waals surface area contributed by atoms with Crippen molar-refractivity contribution in [3.63, 3.8) is 0 Å². The number of aliphatic hydroxyl groups excluding tert-OH is 1. The molecule has 1 amide bonds. The topological polar surface area (TPSA) is 79.3 Å². The molecule has 1 atom stereocenters. The summed E-state index contributed by atoms with van der Waals surface area (Å²) in [6.07, 6.45) is 0.700. The number of benzene rings is 2. The van der Waals surface area contributed by atoms with E-state index in [1.165, 1.54) is 0 Å². The molecule has 1 aliphatic rings. The first kappa shape index (κ1) is 25.3. The molecule has 0 aliphatic carbocycles. The van der Waals surface area contributed by atoms with Crippen LogP contribution in [0.2, 0.25) is 0 Å². The fraction of sp³-hybridized carbons (Fsp3) is 0.407. The molecule has 3 rings (SSSR count). The number of amides is 1. The second kappa shape index (κ2) is 11.2. The van der Waals surface area contributed by atoms with E-state index in [0.29, 0.717) is 42.6 Å². The molecule has 1 heterocycles. The average molecular weight is 467 g/mol. The standard InChI is InChI=1S/C27H34N2O5/c1-18(2)17-34-22-9-6-8-20(16-22)25(30)23-24(19-10-12-21(33-5)13-11-19)29(27(32)26(23)31)15-7-14-28(3)4/h6,8-13,16,18,24,30H,7,14-15,17H2,1-5H3/b25-23-. The Morgan fingerprint density at radius 3 is 2.41 bits per heavy atom. The summed E-state index contributed by atoms with van der Waals surface area (Å²) in [7, 11) is 5.50. The van der Waals surface area contributed by atoms with Crippen molar-refractivity contribution in [1.29, 1.82) is 0 Å². The van der Waals surface area contributed by atoms with Gasteiger partial charge in [-0.2, -0.15) is 0 Å². The minimum atomic E-state index is -0.687. The van der Waals surface area contributed by atoms with Crippen LogP contribution in [-0.2, 0) is 9.59 Å². The van der Waals surface area contributed by atoms with Gasteiger partial charge in [-0.15, -0.1) is 0 Å². The average Bonchev–Trinajstić information content (AvgIpc) is 3.07. The summed E-state index contributed by atoms with van der Waals surface area (Å²) in [5, 5.41) is 11.3. The highest BCUT2D eigenvalue weighted by molar-refractivity contribution is 6.46. The van der Waals surface area contributed by atoms with E-state index in [0.717, 1.165) is 12.1 Å². The third-order valence-electron chi connectivity index (χ3n) is 5.67. The summed E-state index contributed by atoms with van der Waals surface area (Å²) >= 11 is 0. The molecule has 1 aliphatic heterocycles. The summed E-state index contributed by atoms with van der Waals surface area (Å²) in [4.78, 5) is 29.8. The van der Waals surface area contributed by atoms with Gasteiger partial charge >= 0.3 is 0 Å². The van der Waals surface area contributed by atoms with Crippen molar-refractivity contribution in [3.05, 3.63) is 65.2 Å². The molecule has 1 N–H and O–H groups in total. The number of rotatable bonds is 10. The molecule has 34 heavy (non-hydrogen) atoms. The lowest BCUT2D eigenvalue weighted by Gasteiger charge is -2.26. The number of aliphatic hydroxyl groups is 1. The molecule has 0 radical (unpaired) electrons. The highest BCUT2D eigenvalue weighted by Gasteiger charge is 2.45. The van der Waals surface area contributed by atoms with Crippen LogP contribution < -0.4 is 9.47 Å². The number of methoxy groups -OCH3 is 1. The van der Waals surface area contributed by atoms with Crippen molar-refractivity contribution in [2.75, 3.05) is 40.9 Å². The van der Waals surface area contributed by atoms with E-state index in [9.17, 15) is 14.7 Å². The van der Waals surface area contributed by atoms with Gasteiger partial charge in [-0.05, 0) is 62.8 Å². The third-order valence-corrected chi connectivity index (χ3v) is 5.67. The molecule has 0 aromatic heterocycles. The van der Waals surface area contributed by atoms with Crippen LogP contribution in [0.25, 0.3) is 5.76 Å². The number of Topliss-reactive ketones (excluding diaryl/α,β-unsaturated/α-hetero) is 1. The number of ether oxygens (including phenoxy) is 2. The largest absolute Gasteiger partial charge is 0.507 e. The summed E-state index contributed by atoms with van der Waals surface area (Å²) in [6, 6.07) is 13.5. The quantitative estimate of drug-likeness (QED) is 0.323. The molecule has 0 saturated carbocycles. The van der Waals surface area contributed by atoms with Gasteiger partial charge in [-0.25, -0.2) is 0 Å². The van der Waals surface area contributed by atoms with E-state index >= 15 is 0 Å². The van der Waals surface area contributed by atoms with E-state index in [1.54, 1.807) is 48.4 Å². The van der Waals surface area contributed by atoms with E-state index in [1.807, 2.05) is 31.1 Å². The highest BCUT2D eigenvalue weighted by Crippen LogP contribution is 2.40. The predicted octanol–water partition coefficient (Wildman–Crippen LogP) is 4.10. The van der Waals surface area contributed by atoms with E-state index < -0.39 is 17.7 Å². The van der Waals surface area contributed by atoms with Gasteiger partial charge < -0.3 is 24.4 Å². The van der Waals surface area contributed by atoms with E-state index in [2.05, 4.69) is 13.8 Å². The van der Waals surface area contributed by atoms with Crippen LogP contribution in [0.4, 0.5) is 0 Å². The van der Waals surface area contributed by atoms with Gasteiger partial charge in [0.15, 0.2) is 0 Å². The van der Waals surface area contributed by atoms with Crippen LogP contribution >= 0.6 is 0 Å². The van der Waals surface area contributed by atoms with Crippen molar-refractivity contribution in [2.24, 2.45) is 5.92 Å². The predicted molar refractivity (Wildman–Crippen MR) is 132 cm³/mol. The number of nitrogens with zero attached hydrogens (tertiary/aromatic N) is 2. The zero-order chi connectivity index (χ0) is 24.8. The first-order chi connectivity index (χ1) is 16.2. The highest BCUT2D eigenvalue weighted by atomic mass is 16.5. The minimum absolute atomic E-state index is 0.0843. The van der Waals surface area contributed by atoms with Gasteiger partial charge in [0.1, 0.15) is 17.3 Å². The summed E-state index contributed by atoms with van der Waals surface area (Å²) in [6.45, 7) is 5.81. The minimum Gasteiger partial charge on any atom is -0.507 e. The van der Waals surface area contributed by atoms with Crippen molar-refractivity contribution in [1.82, 2.24) is 9.80 Å². The monoisotopic (exact) mass is 466 g/mol. The van der Waals surface area contributed by atoms with Crippen LogP contribution in [0.5, 0.6) is 11.5 Å². The van der Waals surface area contributed by atoms with Crippen molar-refractivity contribution >= 4 is 17.4 Å². The molecule has 7 heteroatoms. The molecule has 1 unspecified atom stereocenters. The molecule has 1 fully saturated rings. The number of hydrogen-bond donors (Lipinski definition) is 1. The first-order valence-corrected chi connectivity index (χ1v) is 11.5. The molecule has 2 aromatic rings. The first-order valence-electron chi connectivity index (χ1n) is 11.5. The van der Waals surface area contributed by atoms with Crippen LogP contribution in [0.1, 0.15) is 37.4 Å². The number of carbonyl (C=O) groups excluding carboxylic acids is 2. The molecule has 7 nitrogen and oxygen atoms in total. The van der Waals surface area contributed by atoms with E-state index in [-0.39, 0.29) is 11.3 Å². The Morgan fingerprint density at radius 2 is 1.79 bits per heavy atom. The van der Waals surface area contributed by atoms with Gasteiger partial charge in [-0.3, -0.25) is 9.59 Å². The van der Waals surface area contributed by atoms with Gasteiger partial charge in [0.2, 0.25) is 0 Å². The fourth-order valence-electron chi connectivity index (χ4n) is 3.95. The zero-order valence-corrected chi connectivity index (χ0v) is 20.6. The van der Waals surface area contributed by atoms with Crippen LogP contribution in [-0.4, -0.2) is 67.5 Å². The fourth-order valence-corrected chi connectivity index (χ4v) is 3.95. The van der Waals surface area contributed by atoms with Gasteiger partial charge in [0, 0.05) is 12.1 Å². The Balaban J connectivity index is 2.04. The SMILES string of the molecule is COc1ccc(C2/C(=C(/O)c3cccc(OCC(C)C)c3)C(=O)C(=O)N2CCCN(C)C)cc1. The summed E-state index contributed by atoms with van der Waals surface area (Å²) < 4.78 is 11.0. The maximum Gasteiger partial charge on any atom is 0.295 e. The van der Waals surface area contributed by atoms with Gasteiger partial charge in [0.05, 0.1) is 25.3 Å². The van der Waals surface area contributed by atoms with E-state index in [4.69, 9.17) is 9.47 Å². The lowest BCUT2D eigenvalue weighted by Crippen LogP contribution is -2.32. The van der Waals surface area contributed by atoms with Gasteiger partial charge in [0.25, 0.3) is 11.7 Å². The maximum atomic E-state index is 13.2. The summed E-state index contributed by atoms with van der Waals surface area (Å²) in [5.41, 5.74) is 1.26. The van der Waals surface area contributed by atoms with Crippen molar-refractivity contribution in [2.45, 2.75) is 26.3 Å². The molecule has 182 valence electrons. The number of likely N-dealkylation sites (tertiary alicyclic amines) is 1. The molecule has 0 spiro atoms. The summed E-state index contributed by atoms with van der Waals surface area (Å²) in [5.74, 6) is 0.122. The molecule has 2 aromatic carbocycles. The number of ketones is 1. The Morgan fingerprint density at radius 1 is 1.09 bits per heavy atom. The van der Waals surface area contributed by atoms with Crippen LogP contribution in [0.3, 0.4) is 0 Å². The Labute approximate surface area is 201 Å². The Kier molecular flexibility index (Phi) is 8.34. The maximum absolute atomic E-state index is 13.2. The van der Waals surface area contributed by atoms with Crippen LogP contribution in [0, 0.1) is 5.92 Å². The van der Waals surface area contributed by atoms with Gasteiger partial charge in [-0.1, -0.05) is 38.1 Å². The van der Waals surface area contributed by atoms with Crippen molar-refractivity contribution < 1.29 is 24.2 Å². The lowest BCUT2D eigenvalue weighted by molar-refractivity contribution is -0.139. The third kappa shape index (κ3) is 5.78.